The van der Waals surface area contributed by atoms with Crippen molar-refractivity contribution in [3.8, 4) is 0 Å². The number of nitrogens with one attached hydrogen (secondary N) is 1. The Kier molecular flexibility index (Phi) is 2.87. The molecule has 1 aromatic carbocycles. The summed E-state index contributed by atoms with van der Waals surface area (Å²) in [6.45, 7) is 1.63. The van der Waals surface area contributed by atoms with Crippen LogP contribution in [0.2, 0.25) is 0 Å². The molecular weight excluding hydrogens is 231 g/mol. The number of fused-ring (bicyclic) bond motifs is 1. The SMILES string of the molecule is CC(O)Cc1cc2ccc(C(F)(F)F)cc2[nH]1. The molecule has 1 heterocycles. The molecule has 2 N–H and O–H groups in total. The monoisotopic (exact) mass is 243 g/mol. The Morgan fingerprint density at radius 2 is 2.00 bits per heavy atom. The van der Waals surface area contributed by atoms with Crippen LogP contribution in [-0.4, -0.2) is 16.2 Å². The molecule has 2 rings (SSSR count). The van der Waals surface area contributed by atoms with E-state index in [1.807, 2.05) is 0 Å². The highest BCUT2D eigenvalue weighted by Crippen LogP contribution is 2.31. The minimum absolute atomic E-state index is 0.399. The first-order chi connectivity index (χ1) is 7.86. The maximum atomic E-state index is 12.5. The van der Waals surface area contributed by atoms with Gasteiger partial charge in [0.15, 0.2) is 0 Å². The lowest BCUT2D eigenvalue weighted by atomic mass is 10.1. The molecule has 2 nitrogen and oxygen atoms in total. The van der Waals surface area contributed by atoms with Gasteiger partial charge in [-0.05, 0) is 30.5 Å². The molecule has 2 aromatic rings. The molecule has 92 valence electrons. The van der Waals surface area contributed by atoms with E-state index in [4.69, 9.17) is 0 Å². The lowest BCUT2D eigenvalue weighted by molar-refractivity contribution is -0.137. The van der Waals surface area contributed by atoms with E-state index < -0.39 is 17.8 Å². The number of hydrogen-bond acceptors (Lipinski definition) is 1. The van der Waals surface area contributed by atoms with Gasteiger partial charge in [-0.25, -0.2) is 0 Å². The van der Waals surface area contributed by atoms with E-state index in [9.17, 15) is 18.3 Å². The molecular formula is C12H12F3NO. The Bertz CT molecular complexity index is 528. The number of alkyl halides is 3. The summed E-state index contributed by atoms with van der Waals surface area (Å²) in [5, 5.41) is 9.93. The first kappa shape index (κ1) is 12.0. The second kappa shape index (κ2) is 4.07. The standard InChI is InChI=1S/C12H12F3NO/c1-7(17)4-10-5-8-2-3-9(12(13,14)15)6-11(8)16-10/h2-3,5-7,16-17H,4H2,1H3. The van der Waals surface area contributed by atoms with Gasteiger partial charge in [-0.3, -0.25) is 0 Å². The average molecular weight is 243 g/mol. The van der Waals surface area contributed by atoms with Crippen molar-refractivity contribution >= 4 is 10.9 Å². The zero-order chi connectivity index (χ0) is 12.6. The molecule has 0 aliphatic heterocycles. The molecule has 5 heteroatoms. The van der Waals surface area contributed by atoms with E-state index in [1.165, 1.54) is 6.07 Å². The summed E-state index contributed by atoms with van der Waals surface area (Å²) in [5.74, 6) is 0. The molecule has 1 atom stereocenters. The van der Waals surface area contributed by atoms with E-state index in [-0.39, 0.29) is 0 Å². The Morgan fingerprint density at radius 3 is 2.59 bits per heavy atom. The Labute approximate surface area is 96.1 Å². The van der Waals surface area contributed by atoms with Gasteiger partial charge in [-0.2, -0.15) is 13.2 Å². The fourth-order valence-electron chi connectivity index (χ4n) is 1.79. The zero-order valence-electron chi connectivity index (χ0n) is 9.17. The number of aliphatic hydroxyl groups is 1. The molecule has 0 radical (unpaired) electrons. The number of halogens is 3. The third-order valence-electron chi connectivity index (χ3n) is 2.52. The third kappa shape index (κ3) is 2.61. The summed E-state index contributed by atoms with van der Waals surface area (Å²) in [5.41, 5.74) is 0.500. The minimum Gasteiger partial charge on any atom is -0.393 e. The minimum atomic E-state index is -4.33. The molecule has 0 spiro atoms. The van der Waals surface area contributed by atoms with Crippen LogP contribution in [0.25, 0.3) is 10.9 Å². The number of benzene rings is 1. The molecule has 0 aliphatic carbocycles. The predicted octanol–water partition coefficient (Wildman–Crippen LogP) is 3.11. The van der Waals surface area contributed by atoms with Crippen molar-refractivity contribution in [3.63, 3.8) is 0 Å². The molecule has 0 aliphatic rings. The summed E-state index contributed by atoms with van der Waals surface area (Å²) in [6.07, 6.45) is -4.45. The van der Waals surface area contributed by atoms with Gasteiger partial charge in [0, 0.05) is 17.6 Å². The highest BCUT2D eigenvalue weighted by molar-refractivity contribution is 5.81. The van der Waals surface area contributed by atoms with E-state index >= 15 is 0 Å². The summed E-state index contributed by atoms with van der Waals surface area (Å²) < 4.78 is 37.4. The van der Waals surface area contributed by atoms with Gasteiger partial charge >= 0.3 is 6.18 Å². The van der Waals surface area contributed by atoms with Crippen LogP contribution in [0.4, 0.5) is 13.2 Å². The van der Waals surface area contributed by atoms with Crippen molar-refractivity contribution < 1.29 is 18.3 Å². The number of aromatic amines is 1. The molecule has 1 unspecified atom stereocenters. The fourth-order valence-corrected chi connectivity index (χ4v) is 1.79. The van der Waals surface area contributed by atoms with Crippen LogP contribution in [0.3, 0.4) is 0 Å². The highest BCUT2D eigenvalue weighted by atomic mass is 19.4. The zero-order valence-corrected chi connectivity index (χ0v) is 9.17. The van der Waals surface area contributed by atoms with Gasteiger partial charge in [-0.15, -0.1) is 0 Å². The number of rotatable bonds is 2. The summed E-state index contributed by atoms with van der Waals surface area (Å²) >= 11 is 0. The Hall–Kier alpha value is -1.49. The quantitative estimate of drug-likeness (QED) is 0.835. The smallest absolute Gasteiger partial charge is 0.393 e. The molecule has 1 aromatic heterocycles. The van der Waals surface area contributed by atoms with Crippen LogP contribution < -0.4 is 0 Å². The first-order valence-electron chi connectivity index (χ1n) is 5.23. The number of aliphatic hydroxyl groups excluding tert-OH is 1. The number of aromatic nitrogens is 1. The van der Waals surface area contributed by atoms with Gasteiger partial charge in [-0.1, -0.05) is 6.07 Å². The lowest BCUT2D eigenvalue weighted by Gasteiger charge is -2.05. The molecule has 0 amide bonds. The number of H-pyrrole nitrogens is 1. The fraction of sp³-hybridized carbons (Fsp3) is 0.333. The van der Waals surface area contributed by atoms with Crippen molar-refractivity contribution in [3.05, 3.63) is 35.5 Å². The van der Waals surface area contributed by atoms with Crippen molar-refractivity contribution in [1.82, 2.24) is 4.98 Å². The van der Waals surface area contributed by atoms with Gasteiger partial charge in [0.1, 0.15) is 0 Å². The van der Waals surface area contributed by atoms with Crippen molar-refractivity contribution in [2.24, 2.45) is 0 Å². The molecule has 0 bridgehead atoms. The average Bonchev–Trinajstić information content (AvgIpc) is 2.55. The van der Waals surface area contributed by atoms with Crippen molar-refractivity contribution in [1.29, 1.82) is 0 Å². The lowest BCUT2D eigenvalue weighted by Crippen LogP contribution is -2.04. The van der Waals surface area contributed by atoms with Crippen LogP contribution >= 0.6 is 0 Å². The normalized spacial score (nSPS) is 14.2. The van der Waals surface area contributed by atoms with E-state index in [1.54, 1.807) is 13.0 Å². The van der Waals surface area contributed by atoms with Crippen molar-refractivity contribution in [2.75, 3.05) is 0 Å². The number of hydrogen-bond donors (Lipinski definition) is 2. The van der Waals surface area contributed by atoms with E-state index in [2.05, 4.69) is 4.98 Å². The maximum Gasteiger partial charge on any atom is 0.416 e. The predicted molar refractivity (Wildman–Crippen MR) is 58.7 cm³/mol. The van der Waals surface area contributed by atoms with E-state index in [0.29, 0.717) is 17.3 Å². The van der Waals surface area contributed by atoms with E-state index in [0.717, 1.165) is 17.8 Å². The van der Waals surface area contributed by atoms with Crippen LogP contribution in [0.1, 0.15) is 18.2 Å². The Balaban J connectivity index is 2.41. The van der Waals surface area contributed by atoms with Gasteiger partial charge in [0.05, 0.1) is 11.7 Å². The highest BCUT2D eigenvalue weighted by Gasteiger charge is 2.30. The second-order valence-electron chi connectivity index (χ2n) is 4.15. The second-order valence-corrected chi connectivity index (χ2v) is 4.15. The van der Waals surface area contributed by atoms with Crippen LogP contribution in [0.5, 0.6) is 0 Å². The van der Waals surface area contributed by atoms with Crippen LogP contribution in [0.15, 0.2) is 24.3 Å². The van der Waals surface area contributed by atoms with Gasteiger partial charge in [0.25, 0.3) is 0 Å². The largest absolute Gasteiger partial charge is 0.416 e. The summed E-state index contributed by atoms with van der Waals surface area (Å²) in [7, 11) is 0. The molecule has 0 saturated heterocycles. The summed E-state index contributed by atoms with van der Waals surface area (Å²) in [6, 6.07) is 5.33. The molecule has 17 heavy (non-hydrogen) atoms. The topological polar surface area (TPSA) is 36.0 Å². The first-order valence-corrected chi connectivity index (χ1v) is 5.23. The van der Waals surface area contributed by atoms with Crippen molar-refractivity contribution in [2.45, 2.75) is 25.6 Å². The van der Waals surface area contributed by atoms with Crippen LogP contribution in [0, 0.1) is 0 Å². The van der Waals surface area contributed by atoms with Gasteiger partial charge < -0.3 is 10.1 Å². The third-order valence-corrected chi connectivity index (χ3v) is 2.52. The summed E-state index contributed by atoms with van der Waals surface area (Å²) in [4.78, 5) is 2.88. The van der Waals surface area contributed by atoms with Crippen LogP contribution in [-0.2, 0) is 12.6 Å². The Morgan fingerprint density at radius 1 is 1.29 bits per heavy atom. The van der Waals surface area contributed by atoms with Gasteiger partial charge in [0.2, 0.25) is 0 Å². The maximum absolute atomic E-state index is 12.5. The molecule has 0 fully saturated rings. The molecule has 0 saturated carbocycles.